The smallest absolute Gasteiger partial charge is 0.253 e. The molecule has 0 fully saturated rings. The molecule has 0 bridgehead atoms. The van der Waals surface area contributed by atoms with Crippen molar-refractivity contribution in [2.45, 2.75) is 19.3 Å². The topological polar surface area (TPSA) is 16.1 Å². The largest absolute Gasteiger partial charge is 0.336 e. The van der Waals surface area contributed by atoms with Gasteiger partial charge in [0, 0.05) is 12.2 Å². The summed E-state index contributed by atoms with van der Waals surface area (Å²) in [5, 5.41) is 0. The maximum absolute atomic E-state index is 14.0. The monoisotopic (exact) mass is 296 g/mol. The van der Waals surface area contributed by atoms with Gasteiger partial charge in [0.15, 0.2) is 0 Å². The molecule has 0 spiro atoms. The van der Waals surface area contributed by atoms with E-state index in [-0.39, 0.29) is 6.54 Å². The molecule has 0 saturated heterocycles. The van der Waals surface area contributed by atoms with E-state index in [1.165, 1.54) is 4.90 Å². The Balaban J connectivity index is 2.21. The van der Waals surface area contributed by atoms with Crippen LogP contribution in [0.1, 0.15) is 18.4 Å². The fraction of sp³-hybridized carbons (Fsp3) is 0.267. The summed E-state index contributed by atoms with van der Waals surface area (Å²) < 4.78 is 54.6. The number of nitrogens with zero attached hydrogens (tertiary/aromatic N) is 2. The second-order valence-electron chi connectivity index (χ2n) is 4.91. The summed E-state index contributed by atoms with van der Waals surface area (Å²) in [6, 6.07) is 7.08. The number of aryl methyl sites for hydroxylation is 1. The van der Waals surface area contributed by atoms with Gasteiger partial charge in [-0.05, 0) is 30.9 Å². The Labute approximate surface area is 119 Å². The lowest BCUT2D eigenvalue weighted by Gasteiger charge is -2.25. The minimum atomic E-state index is -1.63. The third-order valence-corrected chi connectivity index (χ3v) is 3.60. The molecule has 1 aliphatic heterocycles. The van der Waals surface area contributed by atoms with Crippen LogP contribution in [0.25, 0.3) is 0 Å². The average molecular weight is 296 g/mol. The molecule has 0 atom stereocenters. The van der Waals surface area contributed by atoms with Crippen LogP contribution in [0, 0.1) is 23.5 Å². The minimum absolute atomic E-state index is 0.285. The number of pyridine rings is 1. The fourth-order valence-corrected chi connectivity index (χ4v) is 2.64. The summed E-state index contributed by atoms with van der Waals surface area (Å²) in [5.74, 6) is -6.20. The molecule has 1 aromatic heterocycles. The van der Waals surface area contributed by atoms with Crippen LogP contribution in [0.4, 0.5) is 28.9 Å². The Kier molecular flexibility index (Phi) is 3.53. The SMILES string of the molecule is Fc1nc(F)c(F)c(N2CCCCc3ccccc32)c1F. The minimum Gasteiger partial charge on any atom is -0.336 e. The van der Waals surface area contributed by atoms with Crippen LogP contribution < -0.4 is 4.90 Å². The summed E-state index contributed by atoms with van der Waals surface area (Å²) >= 11 is 0. The molecule has 6 heteroatoms. The Hall–Kier alpha value is -2.11. The average Bonchev–Trinajstić information content (AvgIpc) is 2.69. The van der Waals surface area contributed by atoms with Gasteiger partial charge in [-0.3, -0.25) is 0 Å². The lowest BCUT2D eigenvalue weighted by Crippen LogP contribution is -2.22. The first kappa shape index (κ1) is 13.9. The van der Waals surface area contributed by atoms with Gasteiger partial charge in [-0.25, -0.2) is 0 Å². The third kappa shape index (κ3) is 2.34. The van der Waals surface area contributed by atoms with Crippen molar-refractivity contribution >= 4 is 11.4 Å². The molecule has 0 amide bonds. The summed E-state index contributed by atoms with van der Waals surface area (Å²) in [5.41, 5.74) is 0.749. The molecular formula is C15H12F4N2. The molecule has 0 aliphatic carbocycles. The second kappa shape index (κ2) is 5.35. The zero-order valence-corrected chi connectivity index (χ0v) is 11.0. The van der Waals surface area contributed by atoms with Crippen LogP contribution in [-0.4, -0.2) is 11.5 Å². The van der Waals surface area contributed by atoms with Crippen LogP contribution in [0.3, 0.4) is 0 Å². The van der Waals surface area contributed by atoms with Gasteiger partial charge in [-0.15, -0.1) is 0 Å². The van der Waals surface area contributed by atoms with E-state index in [9.17, 15) is 17.6 Å². The predicted molar refractivity (Wildman–Crippen MR) is 70.5 cm³/mol. The van der Waals surface area contributed by atoms with Crippen molar-refractivity contribution in [1.82, 2.24) is 4.98 Å². The first-order valence-corrected chi connectivity index (χ1v) is 6.65. The quantitative estimate of drug-likeness (QED) is 0.581. The Morgan fingerprint density at radius 3 is 2.29 bits per heavy atom. The van der Waals surface area contributed by atoms with Gasteiger partial charge in [0.2, 0.25) is 11.6 Å². The number of para-hydroxylation sites is 1. The molecule has 0 saturated carbocycles. The molecule has 0 radical (unpaired) electrons. The second-order valence-corrected chi connectivity index (χ2v) is 4.91. The highest BCUT2D eigenvalue weighted by molar-refractivity contribution is 5.67. The molecule has 1 aromatic carbocycles. The molecule has 0 N–H and O–H groups in total. The van der Waals surface area contributed by atoms with Gasteiger partial charge in [-0.1, -0.05) is 18.2 Å². The van der Waals surface area contributed by atoms with Crippen molar-refractivity contribution in [3.63, 3.8) is 0 Å². The molecule has 0 unspecified atom stereocenters. The van der Waals surface area contributed by atoms with E-state index in [1.807, 2.05) is 12.1 Å². The molecule has 3 rings (SSSR count). The van der Waals surface area contributed by atoms with Gasteiger partial charge in [0.05, 0.1) is 0 Å². The van der Waals surface area contributed by atoms with Crippen molar-refractivity contribution in [2.75, 3.05) is 11.4 Å². The zero-order valence-electron chi connectivity index (χ0n) is 11.0. The molecule has 2 heterocycles. The van der Waals surface area contributed by atoms with Crippen LogP contribution in [0.15, 0.2) is 24.3 Å². The molecule has 1 aliphatic rings. The van der Waals surface area contributed by atoms with Crippen molar-refractivity contribution < 1.29 is 17.6 Å². The van der Waals surface area contributed by atoms with Gasteiger partial charge in [0.25, 0.3) is 11.9 Å². The van der Waals surface area contributed by atoms with Gasteiger partial charge < -0.3 is 4.90 Å². The Morgan fingerprint density at radius 2 is 1.57 bits per heavy atom. The highest BCUT2D eigenvalue weighted by Crippen LogP contribution is 2.36. The van der Waals surface area contributed by atoms with E-state index in [0.29, 0.717) is 12.1 Å². The van der Waals surface area contributed by atoms with Crippen LogP contribution >= 0.6 is 0 Å². The predicted octanol–water partition coefficient (Wildman–Crippen LogP) is 4.11. The van der Waals surface area contributed by atoms with E-state index in [0.717, 1.165) is 18.4 Å². The number of hydrogen-bond acceptors (Lipinski definition) is 2. The van der Waals surface area contributed by atoms with Gasteiger partial charge in [0.1, 0.15) is 5.69 Å². The van der Waals surface area contributed by atoms with Crippen molar-refractivity contribution in [2.24, 2.45) is 0 Å². The van der Waals surface area contributed by atoms with E-state index in [4.69, 9.17) is 0 Å². The highest BCUT2D eigenvalue weighted by Gasteiger charge is 2.28. The maximum atomic E-state index is 14.0. The number of hydrogen-bond donors (Lipinski definition) is 0. The normalized spacial score (nSPS) is 14.8. The summed E-state index contributed by atoms with van der Waals surface area (Å²) in [6.45, 7) is 0.285. The van der Waals surface area contributed by atoms with Crippen LogP contribution in [-0.2, 0) is 6.42 Å². The number of fused-ring (bicyclic) bond motifs is 1. The summed E-state index contributed by atoms with van der Waals surface area (Å²) in [4.78, 5) is 3.89. The lowest BCUT2D eigenvalue weighted by atomic mass is 10.1. The molecule has 2 aromatic rings. The summed E-state index contributed by atoms with van der Waals surface area (Å²) in [6.07, 6.45) is 2.26. The number of halogens is 4. The first-order valence-electron chi connectivity index (χ1n) is 6.65. The highest BCUT2D eigenvalue weighted by atomic mass is 19.2. The zero-order chi connectivity index (χ0) is 15.0. The van der Waals surface area contributed by atoms with Crippen LogP contribution in [0.2, 0.25) is 0 Å². The molecular weight excluding hydrogens is 284 g/mol. The number of aromatic nitrogens is 1. The van der Waals surface area contributed by atoms with Crippen molar-refractivity contribution in [3.05, 3.63) is 53.4 Å². The fourth-order valence-electron chi connectivity index (χ4n) is 2.64. The van der Waals surface area contributed by atoms with Gasteiger partial charge in [-0.2, -0.15) is 22.5 Å². The standard InChI is InChI=1S/C15H12F4N2/c16-11-13(12(17)15(19)20-14(11)18)21-8-4-3-6-9-5-1-2-7-10(9)21/h1-2,5,7H,3-4,6,8H2. The van der Waals surface area contributed by atoms with E-state index in [1.54, 1.807) is 12.1 Å². The molecule has 21 heavy (non-hydrogen) atoms. The van der Waals surface area contributed by atoms with Crippen molar-refractivity contribution in [1.29, 1.82) is 0 Å². The molecule has 110 valence electrons. The number of rotatable bonds is 1. The Morgan fingerprint density at radius 1 is 0.905 bits per heavy atom. The van der Waals surface area contributed by atoms with Crippen molar-refractivity contribution in [3.8, 4) is 0 Å². The number of anilines is 2. The van der Waals surface area contributed by atoms with Crippen LogP contribution in [0.5, 0.6) is 0 Å². The third-order valence-electron chi connectivity index (χ3n) is 3.60. The lowest BCUT2D eigenvalue weighted by molar-refractivity contribution is 0.408. The van der Waals surface area contributed by atoms with E-state index in [2.05, 4.69) is 4.98 Å². The first-order chi connectivity index (χ1) is 10.1. The van der Waals surface area contributed by atoms with E-state index < -0.39 is 29.2 Å². The van der Waals surface area contributed by atoms with E-state index >= 15 is 0 Å². The van der Waals surface area contributed by atoms with Gasteiger partial charge >= 0.3 is 0 Å². The molecule has 2 nitrogen and oxygen atoms in total. The Bertz CT molecular complexity index is 661. The summed E-state index contributed by atoms with van der Waals surface area (Å²) in [7, 11) is 0. The maximum Gasteiger partial charge on any atom is 0.253 e. The number of benzene rings is 1.